The van der Waals surface area contributed by atoms with Crippen molar-refractivity contribution in [3.05, 3.63) is 58.1 Å². The third-order valence-corrected chi connectivity index (χ3v) is 3.62. The predicted octanol–water partition coefficient (Wildman–Crippen LogP) is 3.84. The summed E-state index contributed by atoms with van der Waals surface area (Å²) in [4.78, 5) is 11.8. The number of carbonyl (C=O) groups is 1. The molecule has 0 spiro atoms. The monoisotopic (exact) mass is 347 g/mol. The number of nitrogens with one attached hydrogen (secondary N) is 1. The zero-order valence-corrected chi connectivity index (χ0v) is 14.9. The van der Waals surface area contributed by atoms with E-state index in [2.05, 4.69) is 11.4 Å². The molecule has 2 aromatic carbocycles. The van der Waals surface area contributed by atoms with Crippen molar-refractivity contribution in [2.45, 2.75) is 20.8 Å². The van der Waals surface area contributed by atoms with Gasteiger partial charge in [-0.05, 0) is 67.8 Å². The quantitative estimate of drug-likeness (QED) is 0.774. The second kappa shape index (κ2) is 8.60. The first-order valence-corrected chi connectivity index (χ1v) is 8.18. The van der Waals surface area contributed by atoms with Gasteiger partial charge in [-0.15, -0.1) is 0 Å². The van der Waals surface area contributed by atoms with Gasteiger partial charge in [-0.1, -0.05) is 17.7 Å². The molecule has 0 aromatic heterocycles. The van der Waals surface area contributed by atoms with Gasteiger partial charge in [-0.25, -0.2) is 0 Å². The Morgan fingerprint density at radius 3 is 2.42 bits per heavy atom. The highest BCUT2D eigenvalue weighted by atomic mass is 35.5. The zero-order chi connectivity index (χ0) is 17.5. The van der Waals surface area contributed by atoms with Crippen molar-refractivity contribution in [2.24, 2.45) is 0 Å². The van der Waals surface area contributed by atoms with E-state index in [1.165, 1.54) is 0 Å². The third kappa shape index (κ3) is 5.78. The Labute approximate surface area is 147 Å². The maximum absolute atomic E-state index is 11.8. The molecule has 0 fully saturated rings. The molecule has 2 aromatic rings. The molecule has 0 radical (unpaired) electrons. The van der Waals surface area contributed by atoms with Crippen LogP contribution in [-0.4, -0.2) is 25.7 Å². The molecule has 0 aliphatic heterocycles. The van der Waals surface area contributed by atoms with Crippen molar-refractivity contribution in [1.82, 2.24) is 5.32 Å². The average molecular weight is 348 g/mol. The second-order valence-corrected chi connectivity index (χ2v) is 6.16. The van der Waals surface area contributed by atoms with Gasteiger partial charge in [0.2, 0.25) is 0 Å². The van der Waals surface area contributed by atoms with Gasteiger partial charge in [0.05, 0.1) is 6.54 Å². The van der Waals surface area contributed by atoms with Crippen LogP contribution in [0.5, 0.6) is 11.5 Å². The molecule has 0 atom stereocenters. The maximum Gasteiger partial charge on any atom is 0.258 e. The lowest BCUT2D eigenvalue weighted by atomic mass is 10.1. The highest BCUT2D eigenvalue weighted by Gasteiger charge is 2.05. The van der Waals surface area contributed by atoms with Crippen molar-refractivity contribution < 1.29 is 14.3 Å². The summed E-state index contributed by atoms with van der Waals surface area (Å²) in [5.74, 6) is 1.28. The van der Waals surface area contributed by atoms with E-state index in [-0.39, 0.29) is 12.5 Å². The van der Waals surface area contributed by atoms with E-state index >= 15 is 0 Å². The fraction of sp³-hybridized carbons (Fsp3) is 0.316. The van der Waals surface area contributed by atoms with Crippen LogP contribution in [-0.2, 0) is 4.79 Å². The minimum absolute atomic E-state index is 0.0357. The van der Waals surface area contributed by atoms with Crippen LogP contribution >= 0.6 is 11.6 Å². The summed E-state index contributed by atoms with van der Waals surface area (Å²) >= 11 is 5.89. The summed E-state index contributed by atoms with van der Waals surface area (Å²) in [6.45, 7) is 6.74. The molecular formula is C19H22ClNO3. The molecule has 0 bridgehead atoms. The maximum atomic E-state index is 11.8. The van der Waals surface area contributed by atoms with Crippen molar-refractivity contribution in [1.29, 1.82) is 0 Å². The first kappa shape index (κ1) is 18.1. The Bertz CT molecular complexity index is 696. The first-order valence-electron chi connectivity index (χ1n) is 7.81. The van der Waals surface area contributed by atoms with E-state index < -0.39 is 0 Å². The highest BCUT2D eigenvalue weighted by Crippen LogP contribution is 2.21. The summed E-state index contributed by atoms with van der Waals surface area (Å²) in [7, 11) is 0. The van der Waals surface area contributed by atoms with Crippen LogP contribution in [0.15, 0.2) is 36.4 Å². The van der Waals surface area contributed by atoms with Crippen molar-refractivity contribution >= 4 is 17.5 Å². The summed E-state index contributed by atoms with van der Waals surface area (Å²) in [5, 5.41) is 3.41. The van der Waals surface area contributed by atoms with E-state index in [4.69, 9.17) is 21.1 Å². The molecule has 0 unspecified atom stereocenters. The Balaban J connectivity index is 1.69. The topological polar surface area (TPSA) is 47.6 Å². The predicted molar refractivity (Wildman–Crippen MR) is 96.1 cm³/mol. The Morgan fingerprint density at radius 2 is 1.75 bits per heavy atom. The molecule has 0 aliphatic carbocycles. The minimum atomic E-state index is -0.187. The fourth-order valence-corrected chi connectivity index (χ4v) is 2.57. The number of benzene rings is 2. The molecule has 2 rings (SSSR count). The number of aryl methyl sites for hydroxylation is 3. The van der Waals surface area contributed by atoms with Crippen LogP contribution in [0.4, 0.5) is 0 Å². The Hall–Kier alpha value is -2.20. The zero-order valence-electron chi connectivity index (χ0n) is 14.2. The molecule has 1 amide bonds. The van der Waals surface area contributed by atoms with E-state index in [0.717, 1.165) is 22.4 Å². The molecule has 5 heteroatoms. The van der Waals surface area contributed by atoms with E-state index in [1.807, 2.05) is 32.9 Å². The summed E-state index contributed by atoms with van der Waals surface area (Å²) < 4.78 is 11.1. The van der Waals surface area contributed by atoms with E-state index in [1.54, 1.807) is 18.2 Å². The molecular weight excluding hydrogens is 326 g/mol. The summed E-state index contributed by atoms with van der Waals surface area (Å²) in [5.41, 5.74) is 3.20. The Morgan fingerprint density at radius 1 is 1.04 bits per heavy atom. The minimum Gasteiger partial charge on any atom is -0.492 e. The number of amides is 1. The van der Waals surface area contributed by atoms with Gasteiger partial charge < -0.3 is 14.8 Å². The molecule has 4 nitrogen and oxygen atoms in total. The number of carbonyl (C=O) groups excluding carboxylic acids is 1. The third-order valence-electron chi connectivity index (χ3n) is 3.38. The molecule has 24 heavy (non-hydrogen) atoms. The summed E-state index contributed by atoms with van der Waals surface area (Å²) in [6, 6.07) is 11.3. The van der Waals surface area contributed by atoms with Gasteiger partial charge in [-0.2, -0.15) is 0 Å². The van der Waals surface area contributed by atoms with Gasteiger partial charge in [0.15, 0.2) is 6.61 Å². The normalized spacial score (nSPS) is 10.3. The molecule has 0 aliphatic rings. The number of halogens is 1. The van der Waals surface area contributed by atoms with Crippen LogP contribution in [0, 0.1) is 20.8 Å². The number of hydrogen-bond donors (Lipinski definition) is 1. The standard InChI is InChI=1S/C19H22ClNO3/c1-13-8-14(2)10-17(9-13)23-7-6-21-19(22)12-24-18-5-4-16(20)11-15(18)3/h4-5,8-11H,6-7,12H2,1-3H3,(H,21,22). The van der Waals surface area contributed by atoms with E-state index in [0.29, 0.717) is 23.9 Å². The van der Waals surface area contributed by atoms with Crippen LogP contribution in [0.25, 0.3) is 0 Å². The van der Waals surface area contributed by atoms with Gasteiger partial charge in [0.25, 0.3) is 5.91 Å². The Kier molecular flexibility index (Phi) is 6.50. The summed E-state index contributed by atoms with van der Waals surface area (Å²) in [6.07, 6.45) is 0. The first-order chi connectivity index (χ1) is 11.4. The van der Waals surface area contributed by atoms with Gasteiger partial charge in [-0.3, -0.25) is 4.79 Å². The van der Waals surface area contributed by atoms with Gasteiger partial charge in [0, 0.05) is 5.02 Å². The SMILES string of the molecule is Cc1cc(C)cc(OCCNC(=O)COc2ccc(Cl)cc2C)c1. The van der Waals surface area contributed by atoms with Crippen molar-refractivity contribution in [3.63, 3.8) is 0 Å². The van der Waals surface area contributed by atoms with Crippen LogP contribution in [0.1, 0.15) is 16.7 Å². The van der Waals surface area contributed by atoms with Crippen molar-refractivity contribution in [3.8, 4) is 11.5 Å². The smallest absolute Gasteiger partial charge is 0.258 e. The molecule has 128 valence electrons. The average Bonchev–Trinajstić information content (AvgIpc) is 2.50. The lowest BCUT2D eigenvalue weighted by Gasteiger charge is -2.11. The van der Waals surface area contributed by atoms with Crippen molar-refractivity contribution in [2.75, 3.05) is 19.8 Å². The molecule has 1 N–H and O–H groups in total. The fourth-order valence-electron chi connectivity index (χ4n) is 2.34. The largest absolute Gasteiger partial charge is 0.492 e. The van der Waals surface area contributed by atoms with Crippen LogP contribution in [0.2, 0.25) is 5.02 Å². The molecule has 0 saturated heterocycles. The number of hydrogen-bond acceptors (Lipinski definition) is 3. The van der Waals surface area contributed by atoms with E-state index in [9.17, 15) is 4.79 Å². The van der Waals surface area contributed by atoms with Gasteiger partial charge in [0.1, 0.15) is 18.1 Å². The van der Waals surface area contributed by atoms with Crippen LogP contribution in [0.3, 0.4) is 0 Å². The van der Waals surface area contributed by atoms with Crippen LogP contribution < -0.4 is 14.8 Å². The second-order valence-electron chi connectivity index (χ2n) is 5.72. The number of rotatable bonds is 7. The molecule has 0 saturated carbocycles. The van der Waals surface area contributed by atoms with Gasteiger partial charge >= 0.3 is 0 Å². The lowest BCUT2D eigenvalue weighted by Crippen LogP contribution is -2.32. The number of ether oxygens (including phenoxy) is 2. The lowest BCUT2D eigenvalue weighted by molar-refractivity contribution is -0.123. The molecule has 0 heterocycles. The highest BCUT2D eigenvalue weighted by molar-refractivity contribution is 6.30.